The summed E-state index contributed by atoms with van der Waals surface area (Å²) in [5.74, 6) is 0.936. The fraction of sp³-hybridized carbons (Fsp3) is 0.353. The van der Waals surface area contributed by atoms with Gasteiger partial charge in [0.1, 0.15) is 5.82 Å². The normalized spacial score (nSPS) is 15.8. The first-order valence-corrected chi connectivity index (χ1v) is 8.26. The first-order valence-electron chi connectivity index (χ1n) is 7.68. The number of anilines is 2. The minimum absolute atomic E-state index is 0.796. The molecule has 1 aliphatic heterocycles. The molecule has 1 fully saturated rings. The van der Waals surface area contributed by atoms with Gasteiger partial charge < -0.3 is 15.1 Å². The van der Waals surface area contributed by atoms with Crippen molar-refractivity contribution in [1.82, 2.24) is 9.88 Å². The molecule has 0 bridgehead atoms. The van der Waals surface area contributed by atoms with Gasteiger partial charge in [-0.1, -0.05) is 24.3 Å². The van der Waals surface area contributed by atoms with E-state index in [1.165, 1.54) is 16.6 Å². The van der Waals surface area contributed by atoms with Crippen LogP contribution in [0.4, 0.5) is 11.5 Å². The fourth-order valence-electron chi connectivity index (χ4n) is 2.61. The Hall–Kier alpha value is -1.64. The number of pyridine rings is 1. The molecule has 1 atom stereocenters. The molecule has 22 heavy (non-hydrogen) atoms. The topological polar surface area (TPSA) is 31.4 Å². The van der Waals surface area contributed by atoms with Gasteiger partial charge in [0.05, 0.1) is 0 Å². The van der Waals surface area contributed by atoms with Crippen molar-refractivity contribution >= 4 is 26.0 Å². The lowest BCUT2D eigenvalue weighted by atomic mass is 10.2. The van der Waals surface area contributed by atoms with Gasteiger partial charge in [0.15, 0.2) is 0 Å². The van der Waals surface area contributed by atoms with E-state index in [0.717, 1.165) is 38.5 Å². The van der Waals surface area contributed by atoms with Crippen LogP contribution in [-0.2, 0) is 6.54 Å². The number of rotatable bonds is 4. The number of piperazine rings is 1. The predicted octanol–water partition coefficient (Wildman–Crippen LogP) is 1.95. The monoisotopic (exact) mass is 314 g/mol. The Morgan fingerprint density at radius 1 is 1.09 bits per heavy atom. The third-order valence-corrected chi connectivity index (χ3v) is 4.45. The highest BCUT2D eigenvalue weighted by atomic mass is 31.0. The summed E-state index contributed by atoms with van der Waals surface area (Å²) in [6, 6.07) is 12.7. The third-order valence-electron chi connectivity index (χ3n) is 4.07. The van der Waals surface area contributed by atoms with E-state index in [0.29, 0.717) is 0 Å². The molecule has 3 rings (SSSR count). The second-order valence-electron chi connectivity index (χ2n) is 5.78. The Balaban J connectivity index is 1.62. The molecule has 0 radical (unpaired) electrons. The van der Waals surface area contributed by atoms with Gasteiger partial charge >= 0.3 is 0 Å². The number of aromatic nitrogens is 1. The van der Waals surface area contributed by atoms with Crippen LogP contribution in [0.5, 0.6) is 0 Å². The van der Waals surface area contributed by atoms with E-state index in [4.69, 9.17) is 0 Å². The molecule has 5 heteroatoms. The van der Waals surface area contributed by atoms with E-state index in [1.807, 2.05) is 6.20 Å². The summed E-state index contributed by atoms with van der Waals surface area (Å²) < 4.78 is 0. The number of hydrogen-bond acceptors (Lipinski definition) is 4. The molecule has 1 unspecified atom stereocenters. The molecule has 1 aromatic carbocycles. The Kier molecular flexibility index (Phi) is 4.91. The maximum absolute atomic E-state index is 4.43. The molecule has 0 aliphatic carbocycles. The largest absolute Gasteiger partial charge is 0.369 e. The second kappa shape index (κ2) is 7.08. The maximum atomic E-state index is 4.43. The van der Waals surface area contributed by atoms with Crippen LogP contribution in [-0.4, -0.2) is 43.1 Å². The summed E-state index contributed by atoms with van der Waals surface area (Å²) in [7, 11) is 4.89. The van der Waals surface area contributed by atoms with Crippen LogP contribution in [0.1, 0.15) is 5.56 Å². The highest BCUT2D eigenvalue weighted by Gasteiger charge is 2.14. The molecular formula is C17H23N4P. The van der Waals surface area contributed by atoms with Gasteiger partial charge in [0.2, 0.25) is 0 Å². The van der Waals surface area contributed by atoms with E-state index in [-0.39, 0.29) is 0 Å². The Labute approximate surface area is 134 Å². The van der Waals surface area contributed by atoms with Gasteiger partial charge in [-0.25, -0.2) is 4.98 Å². The van der Waals surface area contributed by atoms with E-state index < -0.39 is 0 Å². The summed E-state index contributed by atoms with van der Waals surface area (Å²) >= 11 is 0. The summed E-state index contributed by atoms with van der Waals surface area (Å²) in [6.07, 6.45) is 1.89. The molecule has 0 spiro atoms. The molecule has 0 amide bonds. The van der Waals surface area contributed by atoms with Crippen molar-refractivity contribution in [2.24, 2.45) is 0 Å². The standard InChI is InChI=1S/C17H23N4P/c1-20-8-10-21(11-9-20)15-6-7-18-17(12-15)19-13-14-2-4-16(22)5-3-14/h2-7,12H,8-11,13,22H2,1H3,(H,18,19). The van der Waals surface area contributed by atoms with Gasteiger partial charge in [-0.2, -0.15) is 0 Å². The maximum Gasteiger partial charge on any atom is 0.128 e. The smallest absolute Gasteiger partial charge is 0.128 e. The predicted molar refractivity (Wildman–Crippen MR) is 97.1 cm³/mol. The van der Waals surface area contributed by atoms with E-state index >= 15 is 0 Å². The SMILES string of the molecule is CN1CCN(c2ccnc(NCc3ccc(P)cc3)c2)CC1. The van der Waals surface area contributed by atoms with Crippen LogP contribution in [0.15, 0.2) is 42.6 Å². The van der Waals surface area contributed by atoms with Crippen molar-refractivity contribution in [1.29, 1.82) is 0 Å². The molecule has 1 saturated heterocycles. The van der Waals surface area contributed by atoms with Crippen LogP contribution < -0.4 is 15.5 Å². The van der Waals surface area contributed by atoms with Crippen molar-refractivity contribution in [3.8, 4) is 0 Å². The van der Waals surface area contributed by atoms with Crippen molar-refractivity contribution in [3.05, 3.63) is 48.2 Å². The zero-order valence-electron chi connectivity index (χ0n) is 13.0. The molecule has 0 saturated carbocycles. The highest BCUT2D eigenvalue weighted by Crippen LogP contribution is 2.19. The number of likely N-dealkylation sites (N-methyl/N-ethyl adjacent to an activating group) is 1. The fourth-order valence-corrected chi connectivity index (χ4v) is 2.80. The lowest BCUT2D eigenvalue weighted by Gasteiger charge is -2.34. The molecule has 2 heterocycles. The Bertz CT molecular complexity index is 606. The Morgan fingerprint density at radius 3 is 2.55 bits per heavy atom. The van der Waals surface area contributed by atoms with Crippen molar-refractivity contribution < 1.29 is 0 Å². The van der Waals surface area contributed by atoms with Crippen LogP contribution in [0, 0.1) is 0 Å². The first-order chi connectivity index (χ1) is 10.7. The average molecular weight is 314 g/mol. The van der Waals surface area contributed by atoms with Crippen molar-refractivity contribution in [3.63, 3.8) is 0 Å². The number of nitrogens with zero attached hydrogens (tertiary/aromatic N) is 3. The quantitative estimate of drug-likeness (QED) is 0.874. The number of benzene rings is 1. The molecule has 2 aromatic rings. The summed E-state index contributed by atoms with van der Waals surface area (Å²) in [4.78, 5) is 9.22. The lowest BCUT2D eigenvalue weighted by molar-refractivity contribution is 0.313. The third kappa shape index (κ3) is 3.96. The van der Waals surface area contributed by atoms with Crippen LogP contribution in [0.2, 0.25) is 0 Å². The zero-order valence-corrected chi connectivity index (χ0v) is 14.2. The van der Waals surface area contributed by atoms with E-state index in [1.54, 1.807) is 0 Å². The van der Waals surface area contributed by atoms with E-state index in [2.05, 4.69) is 72.8 Å². The van der Waals surface area contributed by atoms with Gasteiger partial charge in [-0.15, -0.1) is 9.24 Å². The minimum atomic E-state index is 0.796. The van der Waals surface area contributed by atoms with Crippen LogP contribution in [0.3, 0.4) is 0 Å². The van der Waals surface area contributed by atoms with E-state index in [9.17, 15) is 0 Å². The molecule has 1 N–H and O–H groups in total. The Morgan fingerprint density at radius 2 is 1.82 bits per heavy atom. The summed E-state index contributed by atoms with van der Waals surface area (Å²) in [5.41, 5.74) is 2.52. The first kappa shape index (κ1) is 15.3. The van der Waals surface area contributed by atoms with Crippen LogP contribution >= 0.6 is 9.24 Å². The second-order valence-corrected chi connectivity index (χ2v) is 6.45. The van der Waals surface area contributed by atoms with Gasteiger partial charge in [0.25, 0.3) is 0 Å². The summed E-state index contributed by atoms with van der Waals surface area (Å²) in [5, 5.41) is 4.62. The molecule has 1 aliphatic rings. The molecular weight excluding hydrogens is 291 g/mol. The van der Waals surface area contributed by atoms with Crippen molar-refractivity contribution in [2.75, 3.05) is 43.4 Å². The minimum Gasteiger partial charge on any atom is -0.369 e. The van der Waals surface area contributed by atoms with Crippen LogP contribution in [0.25, 0.3) is 0 Å². The number of hydrogen-bond donors (Lipinski definition) is 1. The van der Waals surface area contributed by atoms with Gasteiger partial charge in [-0.05, 0) is 24.0 Å². The van der Waals surface area contributed by atoms with Gasteiger partial charge in [-0.3, -0.25) is 0 Å². The summed E-state index contributed by atoms with van der Waals surface area (Å²) in [6.45, 7) is 5.19. The van der Waals surface area contributed by atoms with Crippen molar-refractivity contribution in [2.45, 2.75) is 6.54 Å². The highest BCUT2D eigenvalue weighted by molar-refractivity contribution is 7.27. The van der Waals surface area contributed by atoms with Gasteiger partial charge in [0, 0.05) is 50.7 Å². The molecule has 116 valence electrons. The zero-order chi connectivity index (χ0) is 15.4. The average Bonchev–Trinajstić information content (AvgIpc) is 2.55. The molecule has 1 aromatic heterocycles. The lowest BCUT2D eigenvalue weighted by Crippen LogP contribution is -2.44. The molecule has 4 nitrogen and oxygen atoms in total. The number of nitrogens with one attached hydrogen (secondary N) is 1.